The number of amides is 4. The van der Waals surface area contributed by atoms with Gasteiger partial charge < -0.3 is 9.47 Å². The molecule has 0 radical (unpaired) electrons. The number of nitrogens with one attached hydrogen (secondary N) is 4. The Morgan fingerprint density at radius 2 is 0.974 bits per heavy atom. The summed E-state index contributed by atoms with van der Waals surface area (Å²) in [5.74, 6) is -0.602. The molecule has 0 spiro atoms. The number of carbonyl (C=O) groups is 4. The summed E-state index contributed by atoms with van der Waals surface area (Å²) in [6.07, 6.45) is -0.523. The minimum absolute atomic E-state index is 0.118. The molecule has 0 bridgehead atoms. The van der Waals surface area contributed by atoms with Crippen LogP contribution in [0, 0.1) is 27.7 Å². The summed E-state index contributed by atoms with van der Waals surface area (Å²) in [5.41, 5.74) is 13.7. The summed E-state index contributed by atoms with van der Waals surface area (Å²) in [6, 6.07) is 11.1. The number of carbonyl (C=O) groups excluding carboxylic acids is 4. The van der Waals surface area contributed by atoms with Gasteiger partial charge in [0.05, 0.1) is 0 Å². The predicted molar refractivity (Wildman–Crippen MR) is 143 cm³/mol. The maximum atomic E-state index is 12.2. The van der Waals surface area contributed by atoms with Gasteiger partial charge in [0.25, 0.3) is 11.8 Å². The SMILES string of the molecule is Cc1ccc(OC(C)C(=O)NNC(=O)CCCCC(=O)NNC(=O)C(C)Oc2ccc(C)c(C)c2)cc1C. The predicted octanol–water partition coefficient (Wildman–Crippen LogP) is 3.01. The minimum Gasteiger partial charge on any atom is -0.481 e. The first-order valence-electron chi connectivity index (χ1n) is 12.6. The maximum absolute atomic E-state index is 12.2. The largest absolute Gasteiger partial charge is 0.481 e. The third kappa shape index (κ3) is 10.1. The second kappa shape index (κ2) is 14.6. The summed E-state index contributed by atoms with van der Waals surface area (Å²) in [4.78, 5) is 48.4. The van der Waals surface area contributed by atoms with E-state index in [1.54, 1.807) is 26.0 Å². The third-order valence-electron chi connectivity index (χ3n) is 6.03. The molecule has 2 rings (SSSR count). The van der Waals surface area contributed by atoms with Gasteiger partial charge in [-0.2, -0.15) is 0 Å². The monoisotopic (exact) mass is 526 g/mol. The van der Waals surface area contributed by atoms with E-state index in [2.05, 4.69) is 21.7 Å². The van der Waals surface area contributed by atoms with Crippen LogP contribution in [0.25, 0.3) is 0 Å². The second-order valence-electron chi connectivity index (χ2n) is 9.29. The van der Waals surface area contributed by atoms with Crippen molar-refractivity contribution in [3.63, 3.8) is 0 Å². The lowest BCUT2D eigenvalue weighted by molar-refractivity contribution is -0.133. The molecule has 0 heterocycles. The van der Waals surface area contributed by atoms with Crippen molar-refractivity contribution < 1.29 is 28.7 Å². The van der Waals surface area contributed by atoms with Crippen molar-refractivity contribution in [2.24, 2.45) is 0 Å². The van der Waals surface area contributed by atoms with Crippen LogP contribution in [0.5, 0.6) is 11.5 Å². The molecule has 10 nitrogen and oxygen atoms in total. The fourth-order valence-corrected chi connectivity index (χ4v) is 3.25. The number of unbranched alkanes of at least 4 members (excludes halogenated alkanes) is 1. The molecule has 4 amide bonds. The van der Waals surface area contributed by atoms with Crippen molar-refractivity contribution in [1.82, 2.24) is 21.7 Å². The highest BCUT2D eigenvalue weighted by molar-refractivity contribution is 5.85. The van der Waals surface area contributed by atoms with Gasteiger partial charge in [-0.3, -0.25) is 40.9 Å². The molecule has 0 saturated carbocycles. The number of benzene rings is 2. The Labute approximate surface area is 223 Å². The van der Waals surface area contributed by atoms with Gasteiger partial charge in [0.2, 0.25) is 11.8 Å². The molecular weight excluding hydrogens is 488 g/mol. The molecule has 206 valence electrons. The van der Waals surface area contributed by atoms with Crippen molar-refractivity contribution in [3.8, 4) is 11.5 Å². The zero-order valence-electron chi connectivity index (χ0n) is 22.9. The van der Waals surface area contributed by atoms with Crippen molar-refractivity contribution >= 4 is 23.6 Å². The van der Waals surface area contributed by atoms with Crippen molar-refractivity contribution in [2.45, 2.75) is 79.4 Å². The molecule has 38 heavy (non-hydrogen) atoms. The molecule has 2 aromatic rings. The van der Waals surface area contributed by atoms with Gasteiger partial charge in [-0.1, -0.05) is 12.1 Å². The summed E-state index contributed by atoms with van der Waals surface area (Å²) in [6.45, 7) is 11.1. The maximum Gasteiger partial charge on any atom is 0.279 e. The van der Waals surface area contributed by atoms with Crippen LogP contribution in [0.15, 0.2) is 36.4 Å². The van der Waals surface area contributed by atoms with E-state index in [1.807, 2.05) is 52.0 Å². The van der Waals surface area contributed by atoms with Gasteiger partial charge in [-0.25, -0.2) is 0 Å². The number of hydrazine groups is 2. The first-order valence-corrected chi connectivity index (χ1v) is 12.6. The van der Waals surface area contributed by atoms with Crippen LogP contribution in [0.3, 0.4) is 0 Å². The summed E-state index contributed by atoms with van der Waals surface area (Å²) in [7, 11) is 0. The summed E-state index contributed by atoms with van der Waals surface area (Å²) >= 11 is 0. The molecule has 4 N–H and O–H groups in total. The van der Waals surface area contributed by atoms with Gasteiger partial charge in [-0.15, -0.1) is 0 Å². The van der Waals surface area contributed by atoms with E-state index in [-0.39, 0.29) is 24.7 Å². The number of aryl methyl sites for hydroxylation is 4. The minimum atomic E-state index is -0.801. The molecular formula is C28H38N4O6. The smallest absolute Gasteiger partial charge is 0.279 e. The summed E-state index contributed by atoms with van der Waals surface area (Å²) < 4.78 is 11.2. The average molecular weight is 527 g/mol. The van der Waals surface area contributed by atoms with E-state index >= 15 is 0 Å². The highest BCUT2D eigenvalue weighted by Crippen LogP contribution is 2.18. The van der Waals surface area contributed by atoms with Gasteiger partial charge in [0.15, 0.2) is 12.2 Å². The van der Waals surface area contributed by atoms with E-state index in [0.717, 1.165) is 22.3 Å². The number of ether oxygens (including phenoxy) is 2. The lowest BCUT2D eigenvalue weighted by Gasteiger charge is -2.16. The number of hydrogen-bond acceptors (Lipinski definition) is 6. The standard InChI is InChI=1S/C28H38N4O6/c1-17-11-13-23(15-19(17)3)37-21(5)27(35)31-29-25(33)9-7-8-10-26(34)30-32-28(36)22(6)38-24-14-12-18(2)20(4)16-24/h11-16,21-22H,7-10H2,1-6H3,(H,29,33)(H,30,34)(H,31,35)(H,32,36). The third-order valence-corrected chi connectivity index (χ3v) is 6.03. The Kier molecular flexibility index (Phi) is 11.6. The van der Waals surface area contributed by atoms with Crippen LogP contribution in [0.4, 0.5) is 0 Å². The Morgan fingerprint density at radius 3 is 1.32 bits per heavy atom. The van der Waals surface area contributed by atoms with Gasteiger partial charge >= 0.3 is 0 Å². The number of rotatable bonds is 11. The Hall–Kier alpha value is -4.08. The van der Waals surface area contributed by atoms with E-state index < -0.39 is 24.0 Å². The van der Waals surface area contributed by atoms with Crippen LogP contribution < -0.4 is 31.2 Å². The van der Waals surface area contributed by atoms with Crippen molar-refractivity contribution in [3.05, 3.63) is 58.7 Å². The molecule has 2 atom stereocenters. The van der Waals surface area contributed by atoms with Gasteiger partial charge in [0.1, 0.15) is 11.5 Å². The summed E-state index contributed by atoms with van der Waals surface area (Å²) in [5, 5.41) is 0. The fourth-order valence-electron chi connectivity index (χ4n) is 3.25. The van der Waals surface area contributed by atoms with E-state index in [9.17, 15) is 19.2 Å². The molecule has 0 aromatic heterocycles. The molecule has 10 heteroatoms. The normalized spacial score (nSPS) is 12.1. The Morgan fingerprint density at radius 1 is 0.605 bits per heavy atom. The zero-order chi connectivity index (χ0) is 28.2. The van der Waals surface area contributed by atoms with Crippen molar-refractivity contribution in [2.75, 3.05) is 0 Å². The lowest BCUT2D eigenvalue weighted by Crippen LogP contribution is -2.47. The molecule has 0 fully saturated rings. The highest BCUT2D eigenvalue weighted by Gasteiger charge is 2.17. The quantitative estimate of drug-likeness (QED) is 0.263. The van der Waals surface area contributed by atoms with E-state index in [1.165, 1.54) is 0 Å². The lowest BCUT2D eigenvalue weighted by atomic mass is 10.1. The first kappa shape index (κ1) is 30.1. The molecule has 0 aliphatic carbocycles. The Bertz CT molecular complexity index is 1060. The van der Waals surface area contributed by atoms with E-state index in [0.29, 0.717) is 24.3 Å². The molecule has 0 aliphatic heterocycles. The molecule has 2 aromatic carbocycles. The van der Waals surface area contributed by atoms with Crippen molar-refractivity contribution in [1.29, 1.82) is 0 Å². The number of hydrogen-bond donors (Lipinski definition) is 4. The fraction of sp³-hybridized carbons (Fsp3) is 0.429. The van der Waals surface area contributed by atoms with E-state index in [4.69, 9.17) is 9.47 Å². The van der Waals surface area contributed by atoms with Crippen LogP contribution in [-0.4, -0.2) is 35.8 Å². The Balaban J connectivity index is 1.58. The highest BCUT2D eigenvalue weighted by atomic mass is 16.5. The van der Waals surface area contributed by atoms with Crippen LogP contribution in [0.2, 0.25) is 0 Å². The van der Waals surface area contributed by atoms with Gasteiger partial charge in [-0.05, 0) is 101 Å². The van der Waals surface area contributed by atoms with Crippen LogP contribution in [0.1, 0.15) is 61.8 Å². The molecule has 2 unspecified atom stereocenters. The second-order valence-corrected chi connectivity index (χ2v) is 9.29. The topological polar surface area (TPSA) is 135 Å². The first-order chi connectivity index (χ1) is 18.0. The zero-order valence-corrected chi connectivity index (χ0v) is 22.9. The van der Waals surface area contributed by atoms with Crippen LogP contribution in [-0.2, 0) is 19.2 Å². The molecule has 0 saturated heterocycles. The average Bonchev–Trinajstić information content (AvgIpc) is 2.87. The van der Waals surface area contributed by atoms with Gasteiger partial charge in [0, 0.05) is 12.8 Å². The molecule has 0 aliphatic rings. The van der Waals surface area contributed by atoms with Crippen LogP contribution >= 0.6 is 0 Å².